The summed E-state index contributed by atoms with van der Waals surface area (Å²) in [5.74, 6) is 0.617. The zero-order chi connectivity index (χ0) is 11.5. The molecule has 1 aromatic carbocycles. The van der Waals surface area contributed by atoms with E-state index in [1.54, 1.807) is 0 Å². The van der Waals surface area contributed by atoms with Crippen molar-refractivity contribution < 1.29 is 0 Å². The number of hydrogen-bond acceptors (Lipinski definition) is 2. The lowest BCUT2D eigenvalue weighted by Gasteiger charge is -2.33. The van der Waals surface area contributed by atoms with Crippen molar-refractivity contribution in [3.63, 3.8) is 0 Å². The second-order valence-corrected chi connectivity index (χ2v) is 5.21. The van der Waals surface area contributed by atoms with Gasteiger partial charge in [-0.15, -0.1) is 0 Å². The van der Waals surface area contributed by atoms with Gasteiger partial charge in [-0.25, -0.2) is 0 Å². The monoisotopic (exact) mass is 218 g/mol. The van der Waals surface area contributed by atoms with E-state index in [-0.39, 0.29) is 0 Å². The summed E-state index contributed by atoms with van der Waals surface area (Å²) in [6, 6.07) is 9.98. The Labute approximate surface area is 98.2 Å². The Hall–Kier alpha value is -0.860. The Kier molecular flexibility index (Phi) is 3.62. The molecule has 0 saturated heterocycles. The predicted molar refractivity (Wildman–Crippen MR) is 68.4 cm³/mol. The number of hydrogen-bond donors (Lipinski definition) is 2. The fraction of sp³-hybridized carbons (Fsp3) is 0.571. The fourth-order valence-corrected chi connectivity index (χ4v) is 2.11. The lowest BCUT2D eigenvalue weighted by atomic mass is 9.87. The van der Waals surface area contributed by atoms with Crippen LogP contribution in [0.15, 0.2) is 24.3 Å². The van der Waals surface area contributed by atoms with Crippen LogP contribution >= 0.6 is 0 Å². The molecule has 1 aliphatic rings. The summed E-state index contributed by atoms with van der Waals surface area (Å²) in [6.45, 7) is 5.42. The average molecular weight is 218 g/mol. The Balaban J connectivity index is 1.81. The second-order valence-electron chi connectivity index (χ2n) is 5.21. The highest BCUT2D eigenvalue weighted by atomic mass is 14.9. The Bertz CT molecular complexity index is 323. The van der Waals surface area contributed by atoms with Gasteiger partial charge < -0.3 is 11.1 Å². The summed E-state index contributed by atoms with van der Waals surface area (Å²) in [5.41, 5.74) is 8.53. The normalized spacial score (nSPS) is 24.5. The molecular weight excluding hydrogens is 196 g/mol. The molecule has 0 atom stereocenters. The highest BCUT2D eigenvalue weighted by Crippen LogP contribution is 2.18. The molecule has 2 nitrogen and oxygen atoms in total. The van der Waals surface area contributed by atoms with Gasteiger partial charge in [-0.2, -0.15) is 0 Å². The lowest BCUT2D eigenvalue weighted by molar-refractivity contribution is 0.291. The van der Waals surface area contributed by atoms with Crippen molar-refractivity contribution in [2.75, 3.05) is 0 Å². The van der Waals surface area contributed by atoms with Crippen molar-refractivity contribution in [3.05, 3.63) is 35.4 Å². The van der Waals surface area contributed by atoms with Crippen LogP contribution in [-0.4, -0.2) is 12.1 Å². The molecule has 0 bridgehead atoms. The predicted octanol–water partition coefficient (Wildman–Crippen LogP) is 2.39. The van der Waals surface area contributed by atoms with Crippen LogP contribution in [0.25, 0.3) is 0 Å². The summed E-state index contributed by atoms with van der Waals surface area (Å²) in [4.78, 5) is 0. The Morgan fingerprint density at radius 2 is 1.88 bits per heavy atom. The minimum absolute atomic E-state index is 0.431. The van der Waals surface area contributed by atoms with E-state index in [2.05, 4.69) is 43.4 Å². The zero-order valence-electron chi connectivity index (χ0n) is 10.2. The molecule has 2 heteroatoms. The van der Waals surface area contributed by atoms with E-state index in [4.69, 9.17) is 5.73 Å². The van der Waals surface area contributed by atoms with Gasteiger partial charge in [0.1, 0.15) is 0 Å². The van der Waals surface area contributed by atoms with Gasteiger partial charge in [0.2, 0.25) is 0 Å². The first-order valence-corrected chi connectivity index (χ1v) is 6.23. The highest BCUT2D eigenvalue weighted by molar-refractivity contribution is 5.24. The molecular formula is C14H22N2. The van der Waals surface area contributed by atoms with Crippen LogP contribution < -0.4 is 11.1 Å². The molecule has 0 amide bonds. The average Bonchev–Trinajstić information content (AvgIpc) is 2.23. The molecule has 88 valence electrons. The van der Waals surface area contributed by atoms with Gasteiger partial charge >= 0.3 is 0 Å². The molecule has 1 aliphatic carbocycles. The van der Waals surface area contributed by atoms with Crippen LogP contribution in [0.1, 0.15) is 43.7 Å². The van der Waals surface area contributed by atoms with Gasteiger partial charge in [-0.05, 0) is 29.9 Å². The molecule has 1 fully saturated rings. The third-order valence-corrected chi connectivity index (χ3v) is 3.42. The maximum atomic E-state index is 5.75. The van der Waals surface area contributed by atoms with Gasteiger partial charge in [-0.1, -0.05) is 38.1 Å². The molecule has 16 heavy (non-hydrogen) atoms. The van der Waals surface area contributed by atoms with Crippen LogP contribution in [0, 0.1) is 0 Å². The van der Waals surface area contributed by atoms with Crippen LogP contribution in [-0.2, 0) is 6.54 Å². The van der Waals surface area contributed by atoms with Crippen molar-refractivity contribution in [2.24, 2.45) is 5.73 Å². The van der Waals surface area contributed by atoms with Gasteiger partial charge in [0.05, 0.1) is 0 Å². The first kappa shape index (κ1) is 11.6. The zero-order valence-corrected chi connectivity index (χ0v) is 10.2. The van der Waals surface area contributed by atoms with Crippen molar-refractivity contribution in [1.82, 2.24) is 5.32 Å². The molecule has 1 saturated carbocycles. The Morgan fingerprint density at radius 1 is 1.25 bits per heavy atom. The molecule has 0 heterocycles. The summed E-state index contributed by atoms with van der Waals surface area (Å²) in [6.07, 6.45) is 2.26. The van der Waals surface area contributed by atoms with Gasteiger partial charge in [0.15, 0.2) is 0 Å². The third-order valence-electron chi connectivity index (χ3n) is 3.42. The topological polar surface area (TPSA) is 38.0 Å². The number of nitrogens with one attached hydrogen (secondary N) is 1. The maximum absolute atomic E-state index is 5.75. The highest BCUT2D eigenvalue weighted by Gasteiger charge is 2.24. The van der Waals surface area contributed by atoms with Gasteiger partial charge in [0, 0.05) is 18.6 Å². The number of nitrogens with two attached hydrogens (primary N) is 1. The van der Waals surface area contributed by atoms with Gasteiger partial charge in [0.25, 0.3) is 0 Å². The molecule has 3 N–H and O–H groups in total. The van der Waals surface area contributed by atoms with E-state index in [0.29, 0.717) is 18.0 Å². The van der Waals surface area contributed by atoms with E-state index in [9.17, 15) is 0 Å². The van der Waals surface area contributed by atoms with Crippen molar-refractivity contribution in [1.29, 1.82) is 0 Å². The van der Waals surface area contributed by atoms with E-state index in [1.165, 1.54) is 11.1 Å². The molecule has 0 aliphatic heterocycles. The minimum atomic E-state index is 0.431. The Morgan fingerprint density at radius 3 is 2.38 bits per heavy atom. The quantitative estimate of drug-likeness (QED) is 0.814. The molecule has 0 unspecified atom stereocenters. The summed E-state index contributed by atoms with van der Waals surface area (Å²) < 4.78 is 0. The summed E-state index contributed by atoms with van der Waals surface area (Å²) in [7, 11) is 0. The molecule has 0 spiro atoms. The molecule has 2 rings (SSSR count). The van der Waals surface area contributed by atoms with Crippen molar-refractivity contribution in [3.8, 4) is 0 Å². The standard InChI is InChI=1S/C14H22N2/c1-10(2)12-5-3-11(4-6-12)9-16-14-7-13(15)8-14/h3-6,10,13-14,16H,7-9,15H2,1-2H3. The number of benzene rings is 1. The van der Waals surface area contributed by atoms with Crippen molar-refractivity contribution >= 4 is 0 Å². The van der Waals surface area contributed by atoms with Crippen LogP contribution in [0.4, 0.5) is 0 Å². The van der Waals surface area contributed by atoms with Crippen LogP contribution in [0.2, 0.25) is 0 Å². The third kappa shape index (κ3) is 2.83. The number of rotatable bonds is 4. The first-order chi connectivity index (χ1) is 7.65. The second kappa shape index (κ2) is 4.98. The fourth-order valence-electron chi connectivity index (χ4n) is 2.11. The van der Waals surface area contributed by atoms with E-state index >= 15 is 0 Å². The van der Waals surface area contributed by atoms with E-state index in [0.717, 1.165) is 19.4 Å². The van der Waals surface area contributed by atoms with E-state index < -0.39 is 0 Å². The maximum Gasteiger partial charge on any atom is 0.0208 e. The van der Waals surface area contributed by atoms with E-state index in [1.807, 2.05) is 0 Å². The molecule has 1 aromatic rings. The largest absolute Gasteiger partial charge is 0.328 e. The first-order valence-electron chi connectivity index (χ1n) is 6.23. The van der Waals surface area contributed by atoms with Crippen LogP contribution in [0.3, 0.4) is 0 Å². The summed E-state index contributed by atoms with van der Waals surface area (Å²) in [5, 5.41) is 3.53. The SMILES string of the molecule is CC(C)c1ccc(CNC2CC(N)C2)cc1. The van der Waals surface area contributed by atoms with Gasteiger partial charge in [-0.3, -0.25) is 0 Å². The lowest BCUT2D eigenvalue weighted by Crippen LogP contribution is -2.48. The molecule has 0 radical (unpaired) electrons. The minimum Gasteiger partial charge on any atom is -0.328 e. The smallest absolute Gasteiger partial charge is 0.0208 e. The summed E-state index contributed by atoms with van der Waals surface area (Å²) >= 11 is 0. The van der Waals surface area contributed by atoms with Crippen molar-refractivity contribution in [2.45, 2.75) is 51.2 Å². The molecule has 0 aromatic heterocycles. The van der Waals surface area contributed by atoms with Crippen LogP contribution in [0.5, 0.6) is 0 Å².